The summed E-state index contributed by atoms with van der Waals surface area (Å²) in [5, 5.41) is 13.2. The van der Waals surface area contributed by atoms with Crippen LogP contribution in [0.4, 0.5) is 0 Å². The highest BCUT2D eigenvalue weighted by atomic mass is 35.5. The minimum absolute atomic E-state index is 0.386. The lowest BCUT2D eigenvalue weighted by atomic mass is 10.5. The Bertz CT molecular complexity index is 325. The van der Waals surface area contributed by atoms with Crippen molar-refractivity contribution in [2.24, 2.45) is 0 Å². The molecule has 0 saturated heterocycles. The molecule has 0 spiro atoms. The summed E-state index contributed by atoms with van der Waals surface area (Å²) in [6.45, 7) is 2.87. The van der Waals surface area contributed by atoms with E-state index in [0.29, 0.717) is 18.2 Å². The van der Waals surface area contributed by atoms with Crippen LogP contribution in [-0.2, 0) is 6.67 Å². The molecule has 4 nitrogen and oxygen atoms in total. The molecule has 0 N–H and O–H groups in total. The first-order valence-corrected chi connectivity index (χ1v) is 4.26. The lowest BCUT2D eigenvalue weighted by molar-refractivity contribution is 0.279. The standard InChI is InChI=1S/C8H11ClN4/c1-7-8(9)5-11-13(7)6-12(2)4-3-10/h5H,4,6H2,1-2H3. The van der Waals surface area contributed by atoms with Crippen LogP contribution in [0.2, 0.25) is 5.02 Å². The number of aromatic nitrogens is 2. The van der Waals surface area contributed by atoms with Gasteiger partial charge in [-0.15, -0.1) is 0 Å². The molecule has 0 atom stereocenters. The second kappa shape index (κ2) is 4.26. The molecule has 5 heteroatoms. The number of rotatable bonds is 3. The molecule has 0 bridgehead atoms. The van der Waals surface area contributed by atoms with Crippen LogP contribution in [0.1, 0.15) is 5.69 Å². The van der Waals surface area contributed by atoms with E-state index in [4.69, 9.17) is 16.9 Å². The Labute approximate surface area is 82.3 Å². The molecule has 1 aromatic rings. The first-order valence-electron chi connectivity index (χ1n) is 3.88. The summed E-state index contributed by atoms with van der Waals surface area (Å²) in [5.74, 6) is 0. The summed E-state index contributed by atoms with van der Waals surface area (Å²) in [5.41, 5.74) is 0.923. The second-order valence-corrected chi connectivity index (χ2v) is 3.30. The van der Waals surface area contributed by atoms with Crippen LogP contribution in [0.15, 0.2) is 6.20 Å². The molecule has 70 valence electrons. The predicted molar refractivity (Wildman–Crippen MR) is 50.2 cm³/mol. The second-order valence-electron chi connectivity index (χ2n) is 2.89. The van der Waals surface area contributed by atoms with Gasteiger partial charge in [-0.05, 0) is 14.0 Å². The fourth-order valence-electron chi connectivity index (χ4n) is 0.966. The van der Waals surface area contributed by atoms with Crippen LogP contribution in [-0.4, -0.2) is 28.3 Å². The smallest absolute Gasteiger partial charge is 0.0938 e. The van der Waals surface area contributed by atoms with Gasteiger partial charge in [-0.25, -0.2) is 0 Å². The van der Waals surface area contributed by atoms with Crippen molar-refractivity contribution in [2.45, 2.75) is 13.6 Å². The highest BCUT2D eigenvalue weighted by molar-refractivity contribution is 6.31. The van der Waals surface area contributed by atoms with Gasteiger partial charge in [0.25, 0.3) is 0 Å². The van der Waals surface area contributed by atoms with Crippen molar-refractivity contribution in [3.05, 3.63) is 16.9 Å². The summed E-state index contributed by atoms with van der Waals surface area (Å²) < 4.78 is 1.76. The third kappa shape index (κ3) is 2.44. The Kier molecular flexibility index (Phi) is 3.29. The van der Waals surface area contributed by atoms with E-state index in [1.807, 2.05) is 18.9 Å². The first kappa shape index (κ1) is 10.0. The number of nitriles is 1. The van der Waals surface area contributed by atoms with E-state index in [9.17, 15) is 0 Å². The van der Waals surface area contributed by atoms with E-state index in [1.165, 1.54) is 0 Å². The molecule has 0 fully saturated rings. The van der Waals surface area contributed by atoms with Crippen LogP contribution < -0.4 is 0 Å². The Hall–Kier alpha value is -1.05. The Balaban J connectivity index is 2.65. The lowest BCUT2D eigenvalue weighted by Gasteiger charge is -2.13. The lowest BCUT2D eigenvalue weighted by Crippen LogP contribution is -2.23. The average Bonchev–Trinajstić information content (AvgIpc) is 2.37. The van der Waals surface area contributed by atoms with Crippen molar-refractivity contribution in [3.8, 4) is 6.07 Å². The average molecular weight is 199 g/mol. The van der Waals surface area contributed by atoms with Gasteiger partial charge in [0.2, 0.25) is 0 Å². The fourth-order valence-corrected chi connectivity index (χ4v) is 1.11. The van der Waals surface area contributed by atoms with Gasteiger partial charge >= 0.3 is 0 Å². The molecular formula is C8H11ClN4. The van der Waals surface area contributed by atoms with Gasteiger partial charge in [-0.2, -0.15) is 10.4 Å². The molecule has 0 saturated carbocycles. The van der Waals surface area contributed by atoms with E-state index in [1.54, 1.807) is 10.9 Å². The maximum Gasteiger partial charge on any atom is 0.0938 e. The van der Waals surface area contributed by atoms with Gasteiger partial charge in [0.1, 0.15) is 0 Å². The van der Waals surface area contributed by atoms with Crippen molar-refractivity contribution in [1.82, 2.24) is 14.7 Å². The van der Waals surface area contributed by atoms with Gasteiger partial charge in [-0.3, -0.25) is 9.58 Å². The summed E-state index contributed by atoms with van der Waals surface area (Å²) >= 11 is 5.82. The molecule has 13 heavy (non-hydrogen) atoms. The van der Waals surface area contributed by atoms with Gasteiger partial charge in [0.15, 0.2) is 0 Å². The van der Waals surface area contributed by atoms with Crippen molar-refractivity contribution < 1.29 is 0 Å². The predicted octanol–water partition coefficient (Wildman–Crippen LogP) is 1.26. The fraction of sp³-hybridized carbons (Fsp3) is 0.500. The Morgan fingerprint density at radius 2 is 2.46 bits per heavy atom. The van der Waals surface area contributed by atoms with Gasteiger partial charge in [0, 0.05) is 0 Å². The van der Waals surface area contributed by atoms with Gasteiger partial charge in [0.05, 0.1) is 36.2 Å². The van der Waals surface area contributed by atoms with Crippen LogP contribution in [0.5, 0.6) is 0 Å². The largest absolute Gasteiger partial charge is 0.274 e. The SMILES string of the molecule is Cc1c(Cl)cnn1CN(C)CC#N. The molecule has 1 rings (SSSR count). The zero-order valence-corrected chi connectivity index (χ0v) is 8.41. The van der Waals surface area contributed by atoms with Crippen molar-refractivity contribution in [3.63, 3.8) is 0 Å². The number of nitrogens with zero attached hydrogens (tertiary/aromatic N) is 4. The van der Waals surface area contributed by atoms with Crippen LogP contribution in [0.25, 0.3) is 0 Å². The summed E-state index contributed by atoms with van der Waals surface area (Å²) in [7, 11) is 1.86. The zero-order valence-electron chi connectivity index (χ0n) is 7.66. The molecule has 0 unspecified atom stereocenters. The molecule has 1 aromatic heterocycles. The molecule has 0 aliphatic heterocycles. The monoisotopic (exact) mass is 198 g/mol. The van der Waals surface area contributed by atoms with Crippen LogP contribution >= 0.6 is 11.6 Å². The molecule has 1 heterocycles. The summed E-state index contributed by atoms with van der Waals surface area (Å²) in [6.07, 6.45) is 1.61. The third-order valence-corrected chi connectivity index (χ3v) is 2.13. The maximum atomic E-state index is 8.44. The zero-order chi connectivity index (χ0) is 9.84. The van der Waals surface area contributed by atoms with Crippen LogP contribution in [0.3, 0.4) is 0 Å². The van der Waals surface area contributed by atoms with E-state index in [-0.39, 0.29) is 0 Å². The molecule has 0 radical (unpaired) electrons. The molecule has 0 aliphatic carbocycles. The van der Waals surface area contributed by atoms with Gasteiger partial charge < -0.3 is 0 Å². The molecular weight excluding hydrogens is 188 g/mol. The van der Waals surface area contributed by atoms with E-state index >= 15 is 0 Å². The normalized spacial score (nSPS) is 10.4. The highest BCUT2D eigenvalue weighted by Gasteiger charge is 2.05. The minimum Gasteiger partial charge on any atom is -0.274 e. The van der Waals surface area contributed by atoms with E-state index in [2.05, 4.69) is 11.2 Å². The quantitative estimate of drug-likeness (QED) is 0.687. The number of hydrogen-bond donors (Lipinski definition) is 0. The molecule has 0 amide bonds. The number of halogens is 1. The van der Waals surface area contributed by atoms with E-state index in [0.717, 1.165) is 5.69 Å². The minimum atomic E-state index is 0.386. The first-order chi connectivity index (χ1) is 6.15. The highest BCUT2D eigenvalue weighted by Crippen LogP contribution is 2.12. The van der Waals surface area contributed by atoms with Crippen molar-refractivity contribution in [1.29, 1.82) is 5.26 Å². The molecule has 0 aromatic carbocycles. The Morgan fingerprint density at radius 3 is 2.92 bits per heavy atom. The van der Waals surface area contributed by atoms with Gasteiger partial charge in [-0.1, -0.05) is 11.6 Å². The number of hydrogen-bond acceptors (Lipinski definition) is 3. The molecule has 0 aliphatic rings. The van der Waals surface area contributed by atoms with E-state index < -0.39 is 0 Å². The van der Waals surface area contributed by atoms with Crippen molar-refractivity contribution >= 4 is 11.6 Å². The Morgan fingerprint density at radius 1 is 1.77 bits per heavy atom. The maximum absolute atomic E-state index is 8.44. The summed E-state index contributed by atoms with van der Waals surface area (Å²) in [4.78, 5) is 1.86. The third-order valence-electron chi connectivity index (χ3n) is 1.76. The summed E-state index contributed by atoms with van der Waals surface area (Å²) in [6, 6.07) is 2.07. The topological polar surface area (TPSA) is 44.9 Å². The van der Waals surface area contributed by atoms with Crippen LogP contribution in [0, 0.1) is 18.3 Å². The van der Waals surface area contributed by atoms with Crippen molar-refractivity contribution in [2.75, 3.05) is 13.6 Å².